The Labute approximate surface area is 86.1 Å². The maximum atomic E-state index is 11.1. The van der Waals surface area contributed by atoms with Crippen molar-refractivity contribution in [1.82, 2.24) is 10.7 Å². The second-order valence-electron chi connectivity index (χ2n) is 2.63. The number of nitrogens with two attached hydrogens (primary N) is 1. The van der Waals surface area contributed by atoms with E-state index in [4.69, 9.17) is 10.3 Å². The predicted molar refractivity (Wildman–Crippen MR) is 53.1 cm³/mol. The van der Waals surface area contributed by atoms with Gasteiger partial charge in [0.25, 0.3) is 5.91 Å². The van der Waals surface area contributed by atoms with Crippen molar-refractivity contribution in [2.75, 3.05) is 6.54 Å². The van der Waals surface area contributed by atoms with E-state index in [0.717, 1.165) is 0 Å². The molecule has 0 atom stereocenters. The summed E-state index contributed by atoms with van der Waals surface area (Å²) in [5.74, 6) is 4.53. The van der Waals surface area contributed by atoms with Crippen molar-refractivity contribution in [2.45, 2.75) is 0 Å². The van der Waals surface area contributed by atoms with E-state index >= 15 is 0 Å². The van der Waals surface area contributed by atoms with Gasteiger partial charge in [0, 0.05) is 6.08 Å². The van der Waals surface area contributed by atoms with Crippen LogP contribution in [0.3, 0.4) is 0 Å². The van der Waals surface area contributed by atoms with E-state index in [2.05, 4.69) is 5.32 Å². The molecular formula is C9H11N3O3. The zero-order chi connectivity index (χ0) is 11.1. The zero-order valence-electron chi connectivity index (χ0n) is 7.90. The fourth-order valence-corrected chi connectivity index (χ4v) is 0.821. The van der Waals surface area contributed by atoms with Gasteiger partial charge < -0.3 is 9.73 Å². The molecule has 6 nitrogen and oxygen atoms in total. The van der Waals surface area contributed by atoms with Gasteiger partial charge in [-0.1, -0.05) is 0 Å². The van der Waals surface area contributed by atoms with Gasteiger partial charge in [0.2, 0.25) is 5.91 Å². The highest BCUT2D eigenvalue weighted by molar-refractivity contribution is 5.93. The number of nitrogens with one attached hydrogen (secondary N) is 2. The maximum absolute atomic E-state index is 11.1. The molecule has 0 radical (unpaired) electrons. The first-order valence-electron chi connectivity index (χ1n) is 4.21. The van der Waals surface area contributed by atoms with Gasteiger partial charge in [-0.2, -0.15) is 0 Å². The first kappa shape index (κ1) is 11.0. The standard InChI is InChI=1S/C9H11N3O3/c10-12-9(14)6-11-8(13)4-3-7-2-1-5-15-7/h1-5H,6,10H2,(H,11,13)(H,12,14)/b4-3+. The molecule has 1 aromatic rings. The van der Waals surface area contributed by atoms with Crippen molar-refractivity contribution in [2.24, 2.45) is 5.84 Å². The molecule has 0 unspecified atom stereocenters. The lowest BCUT2D eigenvalue weighted by Crippen LogP contribution is -2.39. The van der Waals surface area contributed by atoms with E-state index in [1.165, 1.54) is 18.4 Å². The molecule has 1 aromatic heterocycles. The third-order valence-electron chi connectivity index (χ3n) is 1.53. The Morgan fingerprint density at radius 1 is 1.53 bits per heavy atom. The van der Waals surface area contributed by atoms with Gasteiger partial charge in [-0.15, -0.1) is 0 Å². The first-order chi connectivity index (χ1) is 7.22. The number of carbonyl (C=O) groups excluding carboxylic acids is 2. The molecule has 0 spiro atoms. The van der Waals surface area contributed by atoms with Crippen LogP contribution >= 0.6 is 0 Å². The van der Waals surface area contributed by atoms with E-state index in [-0.39, 0.29) is 6.54 Å². The highest BCUT2D eigenvalue weighted by Crippen LogP contribution is 2.01. The van der Waals surface area contributed by atoms with Crippen LogP contribution in [0.1, 0.15) is 5.76 Å². The van der Waals surface area contributed by atoms with E-state index < -0.39 is 11.8 Å². The second kappa shape index (κ2) is 5.61. The van der Waals surface area contributed by atoms with Gasteiger partial charge in [0.15, 0.2) is 0 Å². The predicted octanol–water partition coefficient (Wildman–Crippen LogP) is -0.601. The molecule has 6 heteroatoms. The summed E-state index contributed by atoms with van der Waals surface area (Å²) in [7, 11) is 0. The smallest absolute Gasteiger partial charge is 0.253 e. The summed E-state index contributed by atoms with van der Waals surface area (Å²) < 4.78 is 4.96. The molecule has 0 aliphatic rings. The van der Waals surface area contributed by atoms with Gasteiger partial charge in [0.05, 0.1) is 12.8 Å². The average Bonchev–Trinajstić information content (AvgIpc) is 2.75. The zero-order valence-corrected chi connectivity index (χ0v) is 7.90. The summed E-state index contributed by atoms with van der Waals surface area (Å²) in [6.45, 7) is -0.155. The fourth-order valence-electron chi connectivity index (χ4n) is 0.821. The molecule has 0 aliphatic heterocycles. The summed E-state index contributed by atoms with van der Waals surface area (Å²) in [4.78, 5) is 21.8. The Morgan fingerprint density at radius 3 is 2.93 bits per heavy atom. The lowest BCUT2D eigenvalue weighted by atomic mass is 10.4. The number of hydrogen-bond acceptors (Lipinski definition) is 4. The molecule has 0 saturated carbocycles. The molecule has 4 N–H and O–H groups in total. The second-order valence-corrected chi connectivity index (χ2v) is 2.63. The topological polar surface area (TPSA) is 97.4 Å². The van der Waals surface area contributed by atoms with E-state index in [1.54, 1.807) is 12.1 Å². The van der Waals surface area contributed by atoms with Crippen LogP contribution in [0.2, 0.25) is 0 Å². The van der Waals surface area contributed by atoms with Gasteiger partial charge in [0.1, 0.15) is 5.76 Å². The third-order valence-corrected chi connectivity index (χ3v) is 1.53. The minimum absolute atomic E-state index is 0.155. The SMILES string of the molecule is NNC(=O)CNC(=O)/C=C/c1ccco1. The van der Waals surface area contributed by atoms with Crippen LogP contribution in [-0.4, -0.2) is 18.4 Å². The van der Waals surface area contributed by atoms with E-state index in [1.807, 2.05) is 5.43 Å². The van der Waals surface area contributed by atoms with Crippen molar-refractivity contribution < 1.29 is 14.0 Å². The summed E-state index contributed by atoms with van der Waals surface area (Å²) in [5, 5.41) is 2.34. The molecule has 0 aromatic carbocycles. The lowest BCUT2D eigenvalue weighted by Gasteiger charge is -1.99. The quantitative estimate of drug-likeness (QED) is 0.267. The Hall–Kier alpha value is -2.08. The number of hydrazine groups is 1. The summed E-state index contributed by atoms with van der Waals surface area (Å²) >= 11 is 0. The number of carbonyl (C=O) groups is 2. The molecule has 0 aliphatic carbocycles. The first-order valence-corrected chi connectivity index (χ1v) is 4.21. The number of furan rings is 1. The Morgan fingerprint density at radius 2 is 2.33 bits per heavy atom. The van der Waals surface area contributed by atoms with Crippen molar-refractivity contribution in [1.29, 1.82) is 0 Å². The molecule has 1 heterocycles. The van der Waals surface area contributed by atoms with Gasteiger partial charge in [-0.3, -0.25) is 15.0 Å². The summed E-state index contributed by atoms with van der Waals surface area (Å²) in [5.41, 5.74) is 1.89. The molecule has 2 amide bonds. The Balaban J connectivity index is 2.33. The molecule has 1 rings (SSSR count). The molecule has 0 fully saturated rings. The molecule has 80 valence electrons. The largest absolute Gasteiger partial charge is 0.465 e. The monoisotopic (exact) mass is 209 g/mol. The van der Waals surface area contributed by atoms with E-state index in [0.29, 0.717) is 5.76 Å². The van der Waals surface area contributed by atoms with Crippen LogP contribution in [0.25, 0.3) is 6.08 Å². The van der Waals surface area contributed by atoms with Gasteiger partial charge in [-0.25, -0.2) is 5.84 Å². The van der Waals surface area contributed by atoms with Crippen LogP contribution in [0.15, 0.2) is 28.9 Å². The summed E-state index contributed by atoms with van der Waals surface area (Å²) in [6, 6.07) is 3.41. The number of rotatable bonds is 4. The molecule has 15 heavy (non-hydrogen) atoms. The maximum Gasteiger partial charge on any atom is 0.253 e. The highest BCUT2D eigenvalue weighted by Gasteiger charge is 2.00. The van der Waals surface area contributed by atoms with Crippen LogP contribution in [0.5, 0.6) is 0 Å². The minimum atomic E-state index is -0.463. The van der Waals surface area contributed by atoms with Gasteiger partial charge >= 0.3 is 0 Å². The minimum Gasteiger partial charge on any atom is -0.465 e. The molecule has 0 saturated heterocycles. The summed E-state index contributed by atoms with van der Waals surface area (Å²) in [6.07, 6.45) is 4.26. The lowest BCUT2D eigenvalue weighted by molar-refractivity contribution is -0.123. The average molecular weight is 209 g/mol. The van der Waals surface area contributed by atoms with Crippen molar-refractivity contribution >= 4 is 17.9 Å². The third kappa shape index (κ3) is 4.10. The normalized spacial score (nSPS) is 10.2. The number of amides is 2. The van der Waals surface area contributed by atoms with Gasteiger partial charge in [-0.05, 0) is 18.2 Å². The van der Waals surface area contributed by atoms with Crippen molar-refractivity contribution in [3.63, 3.8) is 0 Å². The van der Waals surface area contributed by atoms with Crippen LogP contribution in [-0.2, 0) is 9.59 Å². The molecule has 0 bridgehead atoms. The highest BCUT2D eigenvalue weighted by atomic mass is 16.3. The van der Waals surface area contributed by atoms with Crippen molar-refractivity contribution in [3.05, 3.63) is 30.2 Å². The van der Waals surface area contributed by atoms with Crippen LogP contribution in [0, 0.1) is 0 Å². The fraction of sp³-hybridized carbons (Fsp3) is 0.111. The molecular weight excluding hydrogens is 198 g/mol. The van der Waals surface area contributed by atoms with Crippen molar-refractivity contribution in [3.8, 4) is 0 Å². The van der Waals surface area contributed by atoms with E-state index in [9.17, 15) is 9.59 Å². The van der Waals surface area contributed by atoms with Crippen LogP contribution < -0.4 is 16.6 Å². The van der Waals surface area contributed by atoms with Crippen LogP contribution in [0.4, 0.5) is 0 Å². The Bertz CT molecular complexity index is 357. The Kier molecular flexibility index (Phi) is 4.11. The number of hydrogen-bond donors (Lipinski definition) is 3.